The van der Waals surface area contributed by atoms with Crippen LogP contribution in [0.5, 0.6) is 0 Å². The van der Waals surface area contributed by atoms with Gasteiger partial charge in [0, 0.05) is 4.90 Å². The average molecular weight is 331 g/mol. The number of carbonyl (C=O) groups excluding carboxylic acids is 1. The molecule has 0 saturated heterocycles. The molecule has 0 radical (unpaired) electrons. The Balaban J connectivity index is 1.97. The van der Waals surface area contributed by atoms with Gasteiger partial charge in [0.25, 0.3) is 0 Å². The highest BCUT2D eigenvalue weighted by Gasteiger charge is 2.09. The zero-order chi connectivity index (χ0) is 12.3. The minimum atomic E-state index is -0.277. The molecule has 88 valence electrons. The molecule has 0 bridgehead atoms. The van der Waals surface area contributed by atoms with Crippen LogP contribution < -0.4 is 0 Å². The number of hydrogen-bond acceptors (Lipinski definition) is 3. The minimum Gasteiger partial charge on any atom is -0.292 e. The van der Waals surface area contributed by atoms with Crippen LogP contribution in [0, 0.1) is 5.82 Å². The van der Waals surface area contributed by atoms with Crippen LogP contribution in [0.25, 0.3) is 0 Å². The fourth-order valence-corrected chi connectivity index (χ4v) is 3.48. The summed E-state index contributed by atoms with van der Waals surface area (Å²) >= 11 is 6.08. The normalized spacial score (nSPS) is 10.5. The molecule has 0 amide bonds. The monoisotopic (exact) mass is 330 g/mol. The van der Waals surface area contributed by atoms with Crippen molar-refractivity contribution < 1.29 is 9.18 Å². The molecule has 2 aromatic rings. The highest BCUT2D eigenvalue weighted by Crippen LogP contribution is 2.25. The number of carbonyl (C=O) groups is 1. The van der Waals surface area contributed by atoms with E-state index < -0.39 is 0 Å². The van der Waals surface area contributed by atoms with Crippen LogP contribution in [-0.2, 0) is 0 Å². The summed E-state index contributed by atoms with van der Waals surface area (Å²) in [5.41, 5.74) is 0. The van der Waals surface area contributed by atoms with Gasteiger partial charge in [0.1, 0.15) is 5.82 Å². The number of halogens is 2. The molecule has 1 aromatic carbocycles. The molecule has 1 aromatic heterocycles. The number of ketones is 1. The van der Waals surface area contributed by atoms with Gasteiger partial charge in [-0.05, 0) is 46.3 Å². The standard InChI is InChI=1S/C12H8BrFOS2/c13-12-5-4-11(17-12)10(15)7-16-9-3-1-2-8(14)6-9/h1-6H,7H2. The molecule has 0 unspecified atom stereocenters. The molecule has 0 spiro atoms. The molecule has 2 rings (SSSR count). The highest BCUT2D eigenvalue weighted by molar-refractivity contribution is 9.11. The molecular formula is C12H8BrFOS2. The minimum absolute atomic E-state index is 0.0648. The summed E-state index contributed by atoms with van der Waals surface area (Å²) in [6.07, 6.45) is 0. The molecule has 1 heterocycles. The van der Waals surface area contributed by atoms with Crippen LogP contribution in [0.2, 0.25) is 0 Å². The first-order valence-electron chi connectivity index (χ1n) is 4.82. The smallest absolute Gasteiger partial charge is 0.183 e. The van der Waals surface area contributed by atoms with Gasteiger partial charge in [-0.25, -0.2) is 4.39 Å². The summed E-state index contributed by atoms with van der Waals surface area (Å²) in [6, 6.07) is 9.91. The molecular weight excluding hydrogens is 323 g/mol. The molecule has 0 N–H and O–H groups in total. The van der Waals surface area contributed by atoms with Gasteiger partial charge in [0.05, 0.1) is 14.4 Å². The predicted molar refractivity (Wildman–Crippen MR) is 73.5 cm³/mol. The second-order valence-electron chi connectivity index (χ2n) is 3.27. The van der Waals surface area contributed by atoms with E-state index in [1.807, 2.05) is 6.07 Å². The molecule has 0 aliphatic carbocycles. The van der Waals surface area contributed by atoms with E-state index in [2.05, 4.69) is 15.9 Å². The Kier molecular flexibility index (Phi) is 4.36. The second-order valence-corrected chi connectivity index (χ2v) is 6.78. The Morgan fingerprint density at radius 1 is 1.35 bits per heavy atom. The first-order valence-corrected chi connectivity index (χ1v) is 7.41. The molecule has 0 saturated carbocycles. The van der Waals surface area contributed by atoms with Crippen molar-refractivity contribution in [3.05, 3.63) is 50.9 Å². The molecule has 0 atom stereocenters. The molecule has 1 nitrogen and oxygen atoms in total. The van der Waals surface area contributed by atoms with Gasteiger partial charge in [0.15, 0.2) is 5.78 Å². The lowest BCUT2D eigenvalue weighted by molar-refractivity contribution is 0.102. The number of benzene rings is 1. The van der Waals surface area contributed by atoms with E-state index in [4.69, 9.17) is 0 Å². The number of rotatable bonds is 4. The van der Waals surface area contributed by atoms with Crippen molar-refractivity contribution in [3.63, 3.8) is 0 Å². The Hall–Kier alpha value is -0.650. The van der Waals surface area contributed by atoms with E-state index in [-0.39, 0.29) is 11.6 Å². The molecule has 0 fully saturated rings. The quantitative estimate of drug-likeness (QED) is 0.600. The van der Waals surface area contributed by atoms with E-state index in [0.29, 0.717) is 5.75 Å². The Morgan fingerprint density at radius 2 is 2.18 bits per heavy atom. The van der Waals surface area contributed by atoms with Crippen LogP contribution in [0.4, 0.5) is 4.39 Å². The Labute approximate surface area is 115 Å². The van der Waals surface area contributed by atoms with E-state index in [1.54, 1.807) is 18.2 Å². The van der Waals surface area contributed by atoms with Crippen molar-refractivity contribution in [2.24, 2.45) is 0 Å². The maximum absolute atomic E-state index is 12.9. The topological polar surface area (TPSA) is 17.1 Å². The number of hydrogen-bond donors (Lipinski definition) is 0. The van der Waals surface area contributed by atoms with Gasteiger partial charge in [-0.1, -0.05) is 6.07 Å². The molecule has 17 heavy (non-hydrogen) atoms. The summed E-state index contributed by atoms with van der Waals surface area (Å²) in [5.74, 6) is 0.118. The molecule has 0 aliphatic heterocycles. The lowest BCUT2D eigenvalue weighted by Crippen LogP contribution is -1.98. The zero-order valence-electron chi connectivity index (χ0n) is 8.65. The summed E-state index contributed by atoms with van der Waals surface area (Å²) in [4.78, 5) is 13.3. The van der Waals surface area contributed by atoms with Crippen molar-refractivity contribution in [2.45, 2.75) is 4.90 Å². The molecule has 0 aliphatic rings. The van der Waals surface area contributed by atoms with Crippen molar-refractivity contribution in [3.8, 4) is 0 Å². The van der Waals surface area contributed by atoms with Crippen molar-refractivity contribution in [2.75, 3.05) is 5.75 Å². The second kappa shape index (κ2) is 5.80. The van der Waals surface area contributed by atoms with Gasteiger partial charge >= 0.3 is 0 Å². The van der Waals surface area contributed by atoms with Gasteiger partial charge < -0.3 is 0 Å². The highest BCUT2D eigenvalue weighted by atomic mass is 79.9. The van der Waals surface area contributed by atoms with Gasteiger partial charge in [0.2, 0.25) is 0 Å². The van der Waals surface area contributed by atoms with Gasteiger partial charge in [-0.2, -0.15) is 0 Å². The summed E-state index contributed by atoms with van der Waals surface area (Å²) in [5, 5.41) is 0. The first-order chi connectivity index (χ1) is 8.15. The van der Waals surface area contributed by atoms with Crippen molar-refractivity contribution in [1.82, 2.24) is 0 Å². The third-order valence-corrected chi connectivity index (χ3v) is 4.67. The van der Waals surface area contributed by atoms with Crippen LogP contribution >= 0.6 is 39.0 Å². The maximum atomic E-state index is 12.9. The van der Waals surface area contributed by atoms with Crippen LogP contribution in [0.1, 0.15) is 9.67 Å². The molecule has 5 heteroatoms. The van der Waals surface area contributed by atoms with Crippen LogP contribution in [0.15, 0.2) is 45.1 Å². The third-order valence-electron chi connectivity index (χ3n) is 2.01. The fraction of sp³-hybridized carbons (Fsp3) is 0.0833. The number of thiophene rings is 1. The number of thioether (sulfide) groups is 1. The van der Waals surface area contributed by atoms with E-state index >= 15 is 0 Å². The fourth-order valence-electron chi connectivity index (χ4n) is 1.24. The van der Waals surface area contributed by atoms with Crippen molar-refractivity contribution in [1.29, 1.82) is 0 Å². The largest absolute Gasteiger partial charge is 0.292 e. The number of Topliss-reactive ketones (excluding diaryl/α,β-unsaturated/α-hetero) is 1. The van der Waals surface area contributed by atoms with Crippen LogP contribution in [-0.4, -0.2) is 11.5 Å². The average Bonchev–Trinajstić information content (AvgIpc) is 2.73. The Morgan fingerprint density at radius 3 is 2.82 bits per heavy atom. The lowest BCUT2D eigenvalue weighted by Gasteiger charge is -1.99. The summed E-state index contributed by atoms with van der Waals surface area (Å²) < 4.78 is 13.9. The predicted octanol–water partition coefficient (Wildman–Crippen LogP) is 4.62. The Bertz CT molecular complexity index is 539. The lowest BCUT2D eigenvalue weighted by atomic mass is 10.3. The van der Waals surface area contributed by atoms with Gasteiger partial charge in [-0.3, -0.25) is 4.79 Å². The van der Waals surface area contributed by atoms with E-state index in [1.165, 1.54) is 35.2 Å². The van der Waals surface area contributed by atoms with Gasteiger partial charge in [-0.15, -0.1) is 23.1 Å². The summed E-state index contributed by atoms with van der Waals surface area (Å²) in [7, 11) is 0. The van der Waals surface area contributed by atoms with E-state index in [9.17, 15) is 9.18 Å². The van der Waals surface area contributed by atoms with Crippen LogP contribution in [0.3, 0.4) is 0 Å². The zero-order valence-corrected chi connectivity index (χ0v) is 11.9. The maximum Gasteiger partial charge on any atom is 0.183 e. The van der Waals surface area contributed by atoms with Crippen molar-refractivity contribution >= 4 is 44.8 Å². The SMILES string of the molecule is O=C(CSc1cccc(F)c1)c1ccc(Br)s1. The summed E-state index contributed by atoms with van der Waals surface area (Å²) in [6.45, 7) is 0. The van der Waals surface area contributed by atoms with E-state index in [0.717, 1.165) is 13.6 Å². The first kappa shape index (κ1) is 12.8. The third kappa shape index (κ3) is 3.66.